The largest absolute Gasteiger partial charge is 0.497 e. The summed E-state index contributed by atoms with van der Waals surface area (Å²) >= 11 is 0. The zero-order valence-electron chi connectivity index (χ0n) is 10.2. The highest BCUT2D eigenvalue weighted by Crippen LogP contribution is 2.32. The second-order valence-electron chi connectivity index (χ2n) is 4.03. The van der Waals surface area contributed by atoms with Gasteiger partial charge in [0.25, 0.3) is 6.43 Å². The Morgan fingerprint density at radius 1 is 1.11 bits per heavy atom. The average molecular weight is 267 g/mol. The summed E-state index contributed by atoms with van der Waals surface area (Å²) in [5.74, 6) is -0.0796. The molecular weight excluding hydrogens is 255 g/mol. The molecule has 0 spiro atoms. The number of hydrogen-bond acceptors (Lipinski definition) is 2. The normalized spacial score (nSPS) is 10.8. The SMILES string of the molecule is COc1ccc(F)c(-c2cc(N)cc(C(F)F)c2)c1. The van der Waals surface area contributed by atoms with Gasteiger partial charge in [-0.25, -0.2) is 13.2 Å². The van der Waals surface area contributed by atoms with E-state index in [4.69, 9.17) is 10.5 Å². The lowest BCUT2D eigenvalue weighted by atomic mass is 10.0. The smallest absolute Gasteiger partial charge is 0.263 e. The standard InChI is InChI=1S/C14H12F3NO/c1-19-11-2-3-13(15)12(7-11)8-4-9(14(16)17)6-10(18)5-8/h2-7,14H,18H2,1H3. The number of alkyl halides is 2. The quantitative estimate of drug-likeness (QED) is 0.852. The predicted octanol–water partition coefficient (Wildman–Crippen LogP) is 4.02. The molecular formula is C14H12F3NO. The molecule has 2 aromatic carbocycles. The summed E-state index contributed by atoms with van der Waals surface area (Å²) in [5.41, 5.74) is 5.96. The molecule has 0 fully saturated rings. The first-order chi connectivity index (χ1) is 9.01. The van der Waals surface area contributed by atoms with Crippen molar-refractivity contribution in [1.82, 2.24) is 0 Å². The Morgan fingerprint density at radius 2 is 1.84 bits per heavy atom. The molecule has 2 N–H and O–H groups in total. The number of nitrogens with two attached hydrogens (primary N) is 1. The van der Waals surface area contributed by atoms with Crippen LogP contribution in [0.2, 0.25) is 0 Å². The van der Waals surface area contributed by atoms with Crippen LogP contribution in [0.3, 0.4) is 0 Å². The molecule has 0 radical (unpaired) electrons. The molecule has 2 rings (SSSR count). The summed E-state index contributed by atoms with van der Waals surface area (Å²) in [7, 11) is 1.45. The summed E-state index contributed by atoms with van der Waals surface area (Å²) in [6.07, 6.45) is -2.66. The fourth-order valence-corrected chi connectivity index (χ4v) is 1.81. The van der Waals surface area contributed by atoms with Crippen LogP contribution >= 0.6 is 0 Å². The van der Waals surface area contributed by atoms with Crippen LogP contribution in [0.1, 0.15) is 12.0 Å². The van der Waals surface area contributed by atoms with Crippen molar-refractivity contribution in [3.8, 4) is 16.9 Å². The monoisotopic (exact) mass is 267 g/mol. The minimum Gasteiger partial charge on any atom is -0.497 e. The molecule has 5 heteroatoms. The van der Waals surface area contributed by atoms with E-state index in [0.717, 1.165) is 0 Å². The number of nitrogen functional groups attached to an aromatic ring is 1. The van der Waals surface area contributed by atoms with Crippen molar-refractivity contribution in [1.29, 1.82) is 0 Å². The Balaban J connectivity index is 2.58. The van der Waals surface area contributed by atoms with Crippen molar-refractivity contribution in [3.63, 3.8) is 0 Å². The summed E-state index contributed by atoms with van der Waals surface area (Å²) in [4.78, 5) is 0. The van der Waals surface area contributed by atoms with Gasteiger partial charge in [-0.05, 0) is 42.0 Å². The highest BCUT2D eigenvalue weighted by Gasteiger charge is 2.13. The molecule has 2 aromatic rings. The van der Waals surface area contributed by atoms with Crippen molar-refractivity contribution in [2.75, 3.05) is 12.8 Å². The highest BCUT2D eigenvalue weighted by atomic mass is 19.3. The van der Waals surface area contributed by atoms with Gasteiger partial charge in [0, 0.05) is 16.8 Å². The van der Waals surface area contributed by atoms with Crippen molar-refractivity contribution >= 4 is 5.69 Å². The Kier molecular flexibility index (Phi) is 3.64. The van der Waals surface area contributed by atoms with Gasteiger partial charge in [-0.1, -0.05) is 0 Å². The van der Waals surface area contributed by atoms with E-state index in [0.29, 0.717) is 11.3 Å². The van der Waals surface area contributed by atoms with Crippen LogP contribution in [0.4, 0.5) is 18.9 Å². The Labute approximate surface area is 108 Å². The molecule has 0 bridgehead atoms. The molecule has 0 aromatic heterocycles. The van der Waals surface area contributed by atoms with Crippen LogP contribution in [0, 0.1) is 5.82 Å². The molecule has 2 nitrogen and oxygen atoms in total. The first-order valence-electron chi connectivity index (χ1n) is 5.54. The highest BCUT2D eigenvalue weighted by molar-refractivity contribution is 5.70. The first kappa shape index (κ1) is 13.3. The van der Waals surface area contributed by atoms with Crippen molar-refractivity contribution < 1.29 is 17.9 Å². The first-order valence-corrected chi connectivity index (χ1v) is 5.54. The van der Waals surface area contributed by atoms with E-state index < -0.39 is 12.2 Å². The third-order valence-electron chi connectivity index (χ3n) is 2.71. The average Bonchev–Trinajstić information content (AvgIpc) is 2.38. The third kappa shape index (κ3) is 2.81. The number of benzene rings is 2. The van der Waals surface area contributed by atoms with Crippen LogP contribution in [-0.4, -0.2) is 7.11 Å². The number of ether oxygens (including phenoxy) is 1. The lowest BCUT2D eigenvalue weighted by Gasteiger charge is -2.09. The van der Waals surface area contributed by atoms with Gasteiger partial charge in [-0.2, -0.15) is 0 Å². The lowest BCUT2D eigenvalue weighted by Crippen LogP contribution is -1.94. The summed E-state index contributed by atoms with van der Waals surface area (Å²) in [5, 5.41) is 0. The van der Waals surface area contributed by atoms with E-state index >= 15 is 0 Å². The van der Waals surface area contributed by atoms with Gasteiger partial charge in [0.15, 0.2) is 0 Å². The molecule has 0 amide bonds. The van der Waals surface area contributed by atoms with E-state index in [1.807, 2.05) is 0 Å². The Hall–Kier alpha value is -2.17. The topological polar surface area (TPSA) is 35.2 Å². The van der Waals surface area contributed by atoms with E-state index in [2.05, 4.69) is 0 Å². The van der Waals surface area contributed by atoms with E-state index in [1.165, 1.54) is 43.5 Å². The Bertz CT molecular complexity index is 599. The fraction of sp³-hybridized carbons (Fsp3) is 0.143. The maximum atomic E-state index is 13.8. The minimum absolute atomic E-state index is 0.162. The molecule has 0 saturated carbocycles. The molecule has 0 saturated heterocycles. The van der Waals surface area contributed by atoms with Crippen LogP contribution in [-0.2, 0) is 0 Å². The molecule has 0 aliphatic carbocycles. The van der Waals surface area contributed by atoms with Gasteiger partial charge >= 0.3 is 0 Å². The number of anilines is 1. The Morgan fingerprint density at radius 3 is 2.47 bits per heavy atom. The van der Waals surface area contributed by atoms with Gasteiger partial charge < -0.3 is 10.5 Å². The maximum absolute atomic E-state index is 13.8. The van der Waals surface area contributed by atoms with E-state index in [9.17, 15) is 13.2 Å². The van der Waals surface area contributed by atoms with Crippen LogP contribution < -0.4 is 10.5 Å². The molecule has 100 valence electrons. The molecule has 0 atom stereocenters. The van der Waals surface area contributed by atoms with Crippen LogP contribution in [0.5, 0.6) is 5.75 Å². The van der Waals surface area contributed by atoms with Crippen molar-refractivity contribution in [3.05, 3.63) is 47.8 Å². The van der Waals surface area contributed by atoms with Gasteiger partial charge in [-0.3, -0.25) is 0 Å². The van der Waals surface area contributed by atoms with Gasteiger partial charge in [0.2, 0.25) is 0 Å². The molecule has 0 heterocycles. The van der Waals surface area contributed by atoms with Crippen LogP contribution in [0.15, 0.2) is 36.4 Å². The number of hydrogen-bond donors (Lipinski definition) is 1. The summed E-state index contributed by atoms with van der Waals surface area (Å²) < 4.78 is 44.2. The van der Waals surface area contributed by atoms with Gasteiger partial charge in [0.1, 0.15) is 11.6 Å². The fourth-order valence-electron chi connectivity index (χ4n) is 1.81. The van der Waals surface area contributed by atoms with Crippen molar-refractivity contribution in [2.24, 2.45) is 0 Å². The second-order valence-corrected chi connectivity index (χ2v) is 4.03. The zero-order valence-corrected chi connectivity index (χ0v) is 10.2. The maximum Gasteiger partial charge on any atom is 0.263 e. The third-order valence-corrected chi connectivity index (χ3v) is 2.71. The van der Waals surface area contributed by atoms with Gasteiger partial charge in [0.05, 0.1) is 7.11 Å². The summed E-state index contributed by atoms with van der Waals surface area (Å²) in [6, 6.07) is 7.97. The van der Waals surface area contributed by atoms with E-state index in [-0.39, 0.29) is 16.8 Å². The van der Waals surface area contributed by atoms with E-state index in [1.54, 1.807) is 0 Å². The minimum atomic E-state index is -2.66. The molecule has 0 aliphatic heterocycles. The number of rotatable bonds is 3. The second kappa shape index (κ2) is 5.22. The zero-order chi connectivity index (χ0) is 14.0. The molecule has 19 heavy (non-hydrogen) atoms. The lowest BCUT2D eigenvalue weighted by molar-refractivity contribution is 0.151. The van der Waals surface area contributed by atoms with Crippen LogP contribution in [0.25, 0.3) is 11.1 Å². The summed E-state index contributed by atoms with van der Waals surface area (Å²) in [6.45, 7) is 0. The number of methoxy groups -OCH3 is 1. The van der Waals surface area contributed by atoms with Gasteiger partial charge in [-0.15, -0.1) is 0 Å². The molecule has 0 unspecified atom stereocenters. The molecule has 0 aliphatic rings. The predicted molar refractivity (Wildman–Crippen MR) is 67.8 cm³/mol. The van der Waals surface area contributed by atoms with Crippen molar-refractivity contribution in [2.45, 2.75) is 6.43 Å². The number of halogens is 3.